The summed E-state index contributed by atoms with van der Waals surface area (Å²) in [6, 6.07) is 14.3. The first-order valence-electron chi connectivity index (χ1n) is 5.89. The second kappa shape index (κ2) is 6.02. The standard InChI is InChI=1S/C15H15NO3/c1-19-13-9-5-6-11(10-17)14(13)15(18)16-12-7-3-2-4-8-12/h2-9,17H,10H2,1H3,(H,16,18). The molecule has 0 bridgehead atoms. The van der Waals surface area contributed by atoms with Crippen molar-refractivity contribution >= 4 is 11.6 Å². The maximum atomic E-state index is 12.3. The molecule has 98 valence electrons. The molecule has 0 spiro atoms. The minimum absolute atomic E-state index is 0.214. The fourth-order valence-electron chi connectivity index (χ4n) is 1.85. The summed E-state index contributed by atoms with van der Waals surface area (Å²) < 4.78 is 5.17. The minimum atomic E-state index is -0.298. The lowest BCUT2D eigenvalue weighted by Gasteiger charge is -2.12. The van der Waals surface area contributed by atoms with E-state index in [1.165, 1.54) is 7.11 Å². The highest BCUT2D eigenvalue weighted by Crippen LogP contribution is 2.23. The molecule has 2 aromatic carbocycles. The third kappa shape index (κ3) is 2.92. The van der Waals surface area contributed by atoms with Gasteiger partial charge in [-0.15, -0.1) is 0 Å². The van der Waals surface area contributed by atoms with Crippen LogP contribution in [-0.2, 0) is 6.61 Å². The predicted molar refractivity (Wildman–Crippen MR) is 73.3 cm³/mol. The molecule has 19 heavy (non-hydrogen) atoms. The van der Waals surface area contributed by atoms with Crippen molar-refractivity contribution in [1.82, 2.24) is 0 Å². The first-order chi connectivity index (χ1) is 9.26. The van der Waals surface area contributed by atoms with Crippen LogP contribution in [0.3, 0.4) is 0 Å². The van der Waals surface area contributed by atoms with Gasteiger partial charge in [-0.1, -0.05) is 30.3 Å². The average Bonchev–Trinajstić information content (AvgIpc) is 2.47. The molecular formula is C15H15NO3. The number of para-hydroxylation sites is 1. The summed E-state index contributed by atoms with van der Waals surface area (Å²) in [5.41, 5.74) is 1.59. The highest BCUT2D eigenvalue weighted by Gasteiger charge is 2.16. The molecule has 0 saturated carbocycles. The number of methoxy groups -OCH3 is 1. The normalized spacial score (nSPS) is 10.0. The van der Waals surface area contributed by atoms with E-state index in [2.05, 4.69) is 5.32 Å². The van der Waals surface area contributed by atoms with Gasteiger partial charge in [0.1, 0.15) is 5.75 Å². The van der Waals surface area contributed by atoms with Crippen LogP contribution in [0, 0.1) is 0 Å². The number of carbonyl (C=O) groups excluding carboxylic acids is 1. The minimum Gasteiger partial charge on any atom is -0.496 e. The van der Waals surface area contributed by atoms with E-state index in [4.69, 9.17) is 4.74 Å². The number of rotatable bonds is 4. The fraction of sp³-hybridized carbons (Fsp3) is 0.133. The van der Waals surface area contributed by atoms with E-state index in [9.17, 15) is 9.90 Å². The van der Waals surface area contributed by atoms with Gasteiger partial charge in [-0.2, -0.15) is 0 Å². The number of hydrogen-bond donors (Lipinski definition) is 2. The molecule has 0 aliphatic carbocycles. The Balaban J connectivity index is 2.33. The smallest absolute Gasteiger partial charge is 0.259 e. The van der Waals surface area contributed by atoms with Crippen molar-refractivity contribution < 1.29 is 14.6 Å². The lowest BCUT2D eigenvalue weighted by molar-refractivity contribution is 0.102. The summed E-state index contributed by atoms with van der Waals surface area (Å²) in [6.07, 6.45) is 0. The quantitative estimate of drug-likeness (QED) is 0.884. The van der Waals surface area contributed by atoms with Crippen molar-refractivity contribution in [3.05, 3.63) is 59.7 Å². The molecule has 0 unspecified atom stereocenters. The van der Waals surface area contributed by atoms with Crippen LogP contribution in [0.15, 0.2) is 48.5 Å². The number of ether oxygens (including phenoxy) is 1. The van der Waals surface area contributed by atoms with Crippen molar-refractivity contribution in [3.8, 4) is 5.75 Å². The van der Waals surface area contributed by atoms with Gasteiger partial charge >= 0.3 is 0 Å². The van der Waals surface area contributed by atoms with Crippen LogP contribution in [-0.4, -0.2) is 18.1 Å². The van der Waals surface area contributed by atoms with E-state index in [1.54, 1.807) is 30.3 Å². The van der Waals surface area contributed by atoms with Gasteiger partial charge in [0.25, 0.3) is 5.91 Å². The fourth-order valence-corrected chi connectivity index (χ4v) is 1.85. The monoisotopic (exact) mass is 257 g/mol. The van der Waals surface area contributed by atoms with E-state index >= 15 is 0 Å². The maximum Gasteiger partial charge on any atom is 0.259 e. The number of amides is 1. The van der Waals surface area contributed by atoms with E-state index in [0.29, 0.717) is 22.6 Å². The number of carbonyl (C=O) groups is 1. The van der Waals surface area contributed by atoms with Gasteiger partial charge in [0.15, 0.2) is 0 Å². The van der Waals surface area contributed by atoms with Crippen LogP contribution >= 0.6 is 0 Å². The third-order valence-electron chi connectivity index (χ3n) is 2.76. The van der Waals surface area contributed by atoms with E-state index in [-0.39, 0.29) is 12.5 Å². The second-order valence-electron chi connectivity index (χ2n) is 3.97. The molecule has 0 aliphatic rings. The summed E-state index contributed by atoms with van der Waals surface area (Å²) in [5, 5.41) is 12.1. The topological polar surface area (TPSA) is 58.6 Å². The first-order valence-corrected chi connectivity index (χ1v) is 5.89. The molecule has 0 atom stereocenters. The Kier molecular flexibility index (Phi) is 4.15. The molecule has 0 aromatic heterocycles. The SMILES string of the molecule is COc1cccc(CO)c1C(=O)Nc1ccccc1. The maximum absolute atomic E-state index is 12.3. The molecule has 2 aromatic rings. The zero-order chi connectivity index (χ0) is 13.7. The van der Waals surface area contributed by atoms with Crippen molar-refractivity contribution in [2.75, 3.05) is 12.4 Å². The van der Waals surface area contributed by atoms with Crippen molar-refractivity contribution in [2.24, 2.45) is 0 Å². The van der Waals surface area contributed by atoms with E-state index in [1.807, 2.05) is 18.2 Å². The molecule has 4 nitrogen and oxygen atoms in total. The van der Waals surface area contributed by atoms with Crippen LogP contribution in [0.25, 0.3) is 0 Å². The number of aliphatic hydroxyl groups excluding tert-OH is 1. The molecule has 2 rings (SSSR count). The lowest BCUT2D eigenvalue weighted by Crippen LogP contribution is -2.15. The molecule has 0 aliphatic heterocycles. The van der Waals surface area contributed by atoms with E-state index in [0.717, 1.165) is 0 Å². The summed E-state index contributed by atoms with van der Waals surface area (Å²) >= 11 is 0. The predicted octanol–water partition coefficient (Wildman–Crippen LogP) is 2.44. The van der Waals surface area contributed by atoms with Gasteiger partial charge in [0.2, 0.25) is 0 Å². The number of benzene rings is 2. The summed E-state index contributed by atoms with van der Waals surface area (Å²) in [4.78, 5) is 12.3. The van der Waals surface area contributed by atoms with Gasteiger partial charge < -0.3 is 15.2 Å². The molecule has 0 radical (unpaired) electrons. The Hall–Kier alpha value is -2.33. The molecule has 2 N–H and O–H groups in total. The van der Waals surface area contributed by atoms with Crippen LogP contribution in [0.1, 0.15) is 15.9 Å². The molecule has 0 fully saturated rings. The first kappa shape index (κ1) is 13.1. The Morgan fingerprint density at radius 3 is 2.53 bits per heavy atom. The van der Waals surface area contributed by atoms with Gasteiger partial charge in [-0.05, 0) is 23.8 Å². The molecule has 0 heterocycles. The van der Waals surface area contributed by atoms with Gasteiger partial charge in [-0.25, -0.2) is 0 Å². The lowest BCUT2D eigenvalue weighted by atomic mass is 10.1. The summed E-state index contributed by atoms with van der Waals surface area (Å²) in [5.74, 6) is 0.146. The van der Waals surface area contributed by atoms with Crippen LogP contribution in [0.2, 0.25) is 0 Å². The van der Waals surface area contributed by atoms with Crippen molar-refractivity contribution in [2.45, 2.75) is 6.61 Å². The molecule has 1 amide bonds. The van der Waals surface area contributed by atoms with Crippen LogP contribution < -0.4 is 10.1 Å². The molecular weight excluding hydrogens is 242 g/mol. The van der Waals surface area contributed by atoms with Crippen molar-refractivity contribution in [3.63, 3.8) is 0 Å². The van der Waals surface area contributed by atoms with Gasteiger partial charge in [0, 0.05) is 5.69 Å². The largest absolute Gasteiger partial charge is 0.496 e. The Morgan fingerprint density at radius 1 is 1.16 bits per heavy atom. The molecule has 0 saturated heterocycles. The van der Waals surface area contributed by atoms with Crippen molar-refractivity contribution in [1.29, 1.82) is 0 Å². The number of nitrogens with one attached hydrogen (secondary N) is 1. The Morgan fingerprint density at radius 2 is 1.89 bits per heavy atom. The molecule has 4 heteroatoms. The van der Waals surface area contributed by atoms with E-state index < -0.39 is 0 Å². The zero-order valence-corrected chi connectivity index (χ0v) is 10.6. The van der Waals surface area contributed by atoms with Gasteiger partial charge in [0.05, 0.1) is 19.3 Å². The van der Waals surface area contributed by atoms with Crippen LogP contribution in [0.4, 0.5) is 5.69 Å². The summed E-state index contributed by atoms with van der Waals surface area (Å²) in [6.45, 7) is -0.214. The highest BCUT2D eigenvalue weighted by atomic mass is 16.5. The number of hydrogen-bond acceptors (Lipinski definition) is 3. The Bertz CT molecular complexity index is 545. The highest BCUT2D eigenvalue weighted by molar-refractivity contribution is 6.07. The van der Waals surface area contributed by atoms with Gasteiger partial charge in [-0.3, -0.25) is 4.79 Å². The number of anilines is 1. The van der Waals surface area contributed by atoms with Crippen LogP contribution in [0.5, 0.6) is 5.75 Å². The second-order valence-corrected chi connectivity index (χ2v) is 3.97. The third-order valence-corrected chi connectivity index (χ3v) is 2.76. The number of aliphatic hydroxyl groups is 1. The zero-order valence-electron chi connectivity index (χ0n) is 10.6. The summed E-state index contributed by atoms with van der Waals surface area (Å²) in [7, 11) is 1.50. The Labute approximate surface area is 111 Å². The average molecular weight is 257 g/mol.